The third-order valence-electron chi connectivity index (χ3n) is 3.55. The maximum absolute atomic E-state index is 12.1. The number of hydrogen-bond donors (Lipinski definition) is 2. The number of nitrogens with one attached hydrogen (secondary N) is 2. The van der Waals surface area contributed by atoms with Gasteiger partial charge in [0.05, 0.1) is 0 Å². The van der Waals surface area contributed by atoms with Crippen molar-refractivity contribution in [3.05, 3.63) is 23.9 Å². The third-order valence-corrected chi connectivity index (χ3v) is 3.55. The summed E-state index contributed by atoms with van der Waals surface area (Å²) >= 11 is 0. The number of hydrogen-bond acceptors (Lipinski definition) is 4. The summed E-state index contributed by atoms with van der Waals surface area (Å²) in [5, 5.41) is 5.96. The van der Waals surface area contributed by atoms with Crippen molar-refractivity contribution in [1.29, 1.82) is 0 Å². The monoisotopic (exact) mass is 262 g/mol. The Hall–Kier alpha value is -1.62. The fourth-order valence-corrected chi connectivity index (χ4v) is 2.49. The number of carbonyl (C=O) groups is 1. The van der Waals surface area contributed by atoms with E-state index in [1.165, 1.54) is 19.4 Å². The highest BCUT2D eigenvalue weighted by Gasteiger charge is 2.18. The predicted molar refractivity (Wildman–Crippen MR) is 76.3 cm³/mol. The summed E-state index contributed by atoms with van der Waals surface area (Å²) in [6.07, 6.45) is 4.06. The summed E-state index contributed by atoms with van der Waals surface area (Å²) < 4.78 is 0. The molecule has 1 atom stereocenters. The topological polar surface area (TPSA) is 57.3 Å². The van der Waals surface area contributed by atoms with Crippen LogP contribution in [0.3, 0.4) is 0 Å². The van der Waals surface area contributed by atoms with Crippen molar-refractivity contribution in [3.63, 3.8) is 0 Å². The van der Waals surface area contributed by atoms with E-state index in [4.69, 9.17) is 0 Å². The van der Waals surface area contributed by atoms with Crippen LogP contribution >= 0.6 is 0 Å². The lowest BCUT2D eigenvalue weighted by atomic mass is 9.98. The Morgan fingerprint density at radius 3 is 3.16 bits per heavy atom. The molecular formula is C14H22N4O. The lowest BCUT2D eigenvalue weighted by Crippen LogP contribution is -2.39. The SMILES string of the molecule is CNc1cc(C(=O)NCC2CCCN(C)C2)ccn1. The molecule has 19 heavy (non-hydrogen) atoms. The highest BCUT2D eigenvalue weighted by molar-refractivity contribution is 5.94. The standard InChI is InChI=1S/C14H22N4O/c1-15-13-8-12(5-6-16-13)14(19)17-9-11-4-3-7-18(2)10-11/h5-6,8,11H,3-4,7,9-10H2,1-2H3,(H,15,16)(H,17,19). The first-order valence-corrected chi connectivity index (χ1v) is 6.79. The lowest BCUT2D eigenvalue weighted by Gasteiger charge is -2.29. The average molecular weight is 262 g/mol. The first kappa shape index (κ1) is 13.8. The minimum atomic E-state index is -0.0212. The summed E-state index contributed by atoms with van der Waals surface area (Å²) in [6, 6.07) is 3.51. The molecule has 0 saturated carbocycles. The van der Waals surface area contributed by atoms with Crippen LogP contribution in [0.4, 0.5) is 5.82 Å². The molecule has 0 radical (unpaired) electrons. The number of anilines is 1. The number of piperidine rings is 1. The van der Waals surface area contributed by atoms with Crippen molar-refractivity contribution in [2.75, 3.05) is 39.0 Å². The summed E-state index contributed by atoms with van der Waals surface area (Å²) in [5.74, 6) is 1.26. The highest BCUT2D eigenvalue weighted by atomic mass is 16.1. The molecule has 1 aromatic rings. The number of pyridine rings is 1. The van der Waals surface area contributed by atoms with Crippen LogP contribution in [-0.4, -0.2) is 49.5 Å². The van der Waals surface area contributed by atoms with Gasteiger partial charge in [-0.05, 0) is 44.5 Å². The molecule has 1 saturated heterocycles. The molecule has 2 rings (SSSR count). The number of aromatic nitrogens is 1. The summed E-state index contributed by atoms with van der Waals surface area (Å²) in [4.78, 5) is 18.5. The van der Waals surface area contributed by atoms with E-state index in [1.54, 1.807) is 25.4 Å². The molecule has 2 N–H and O–H groups in total. The Morgan fingerprint density at radius 1 is 1.58 bits per heavy atom. The van der Waals surface area contributed by atoms with E-state index in [9.17, 15) is 4.79 Å². The van der Waals surface area contributed by atoms with Crippen molar-refractivity contribution in [3.8, 4) is 0 Å². The number of carbonyl (C=O) groups excluding carboxylic acids is 1. The zero-order valence-corrected chi connectivity index (χ0v) is 11.6. The minimum absolute atomic E-state index is 0.0212. The smallest absolute Gasteiger partial charge is 0.251 e. The molecule has 104 valence electrons. The highest BCUT2D eigenvalue weighted by Crippen LogP contribution is 2.14. The van der Waals surface area contributed by atoms with Crippen molar-refractivity contribution < 1.29 is 4.79 Å². The van der Waals surface area contributed by atoms with E-state index in [2.05, 4.69) is 27.6 Å². The van der Waals surface area contributed by atoms with Gasteiger partial charge in [-0.1, -0.05) is 0 Å². The fraction of sp³-hybridized carbons (Fsp3) is 0.571. The van der Waals surface area contributed by atoms with Crippen LogP contribution in [0.5, 0.6) is 0 Å². The Labute approximate surface area is 114 Å². The largest absolute Gasteiger partial charge is 0.373 e. The van der Waals surface area contributed by atoms with E-state index in [0.29, 0.717) is 17.3 Å². The fourth-order valence-electron chi connectivity index (χ4n) is 2.49. The van der Waals surface area contributed by atoms with Gasteiger partial charge in [0, 0.05) is 31.9 Å². The molecule has 2 heterocycles. The van der Waals surface area contributed by atoms with Crippen molar-refractivity contribution in [1.82, 2.24) is 15.2 Å². The van der Waals surface area contributed by atoms with Crippen molar-refractivity contribution in [2.24, 2.45) is 5.92 Å². The molecule has 0 spiro atoms. The molecular weight excluding hydrogens is 240 g/mol. The number of amides is 1. The van der Waals surface area contributed by atoms with Gasteiger partial charge in [0.2, 0.25) is 0 Å². The van der Waals surface area contributed by atoms with E-state index >= 15 is 0 Å². The number of likely N-dealkylation sites (tertiary alicyclic amines) is 1. The minimum Gasteiger partial charge on any atom is -0.373 e. The van der Waals surface area contributed by atoms with Crippen LogP contribution in [0.2, 0.25) is 0 Å². The molecule has 1 aliphatic heterocycles. The van der Waals surface area contributed by atoms with Crippen molar-refractivity contribution >= 4 is 11.7 Å². The molecule has 1 unspecified atom stereocenters. The Balaban J connectivity index is 1.86. The molecule has 1 aliphatic rings. The zero-order valence-electron chi connectivity index (χ0n) is 11.6. The van der Waals surface area contributed by atoms with Gasteiger partial charge in [0.1, 0.15) is 5.82 Å². The summed E-state index contributed by atoms with van der Waals surface area (Å²) in [6.45, 7) is 2.99. The van der Waals surface area contributed by atoms with Crippen LogP contribution in [0, 0.1) is 5.92 Å². The second-order valence-corrected chi connectivity index (χ2v) is 5.16. The number of rotatable bonds is 4. The van der Waals surface area contributed by atoms with Gasteiger partial charge in [-0.25, -0.2) is 4.98 Å². The van der Waals surface area contributed by atoms with E-state index in [0.717, 1.165) is 13.1 Å². The quantitative estimate of drug-likeness (QED) is 0.856. The normalized spacial score (nSPS) is 20.0. The van der Waals surface area contributed by atoms with Crippen LogP contribution in [0.1, 0.15) is 23.2 Å². The maximum Gasteiger partial charge on any atom is 0.251 e. The first-order valence-electron chi connectivity index (χ1n) is 6.79. The maximum atomic E-state index is 12.1. The summed E-state index contributed by atoms with van der Waals surface area (Å²) in [7, 11) is 3.93. The van der Waals surface area contributed by atoms with Crippen LogP contribution in [0.25, 0.3) is 0 Å². The Morgan fingerprint density at radius 2 is 2.42 bits per heavy atom. The van der Waals surface area contributed by atoms with Crippen molar-refractivity contribution in [2.45, 2.75) is 12.8 Å². The predicted octanol–water partition coefficient (Wildman–Crippen LogP) is 1.19. The van der Waals surface area contributed by atoms with Gasteiger partial charge in [0.25, 0.3) is 5.91 Å². The van der Waals surface area contributed by atoms with Gasteiger partial charge < -0.3 is 15.5 Å². The van der Waals surface area contributed by atoms with Gasteiger partial charge in [-0.2, -0.15) is 0 Å². The van der Waals surface area contributed by atoms with Crippen LogP contribution in [-0.2, 0) is 0 Å². The Bertz CT molecular complexity index is 435. The first-order chi connectivity index (χ1) is 9.19. The molecule has 5 heteroatoms. The third kappa shape index (κ3) is 3.92. The van der Waals surface area contributed by atoms with E-state index in [1.807, 2.05) is 0 Å². The molecule has 1 fully saturated rings. The Kier molecular flexibility index (Phi) is 4.74. The second-order valence-electron chi connectivity index (χ2n) is 5.16. The molecule has 0 bridgehead atoms. The van der Waals surface area contributed by atoms with Crippen LogP contribution < -0.4 is 10.6 Å². The molecule has 1 amide bonds. The van der Waals surface area contributed by atoms with Crippen LogP contribution in [0.15, 0.2) is 18.3 Å². The molecule has 1 aromatic heterocycles. The van der Waals surface area contributed by atoms with E-state index < -0.39 is 0 Å². The zero-order chi connectivity index (χ0) is 13.7. The molecule has 0 aromatic carbocycles. The molecule has 5 nitrogen and oxygen atoms in total. The second kappa shape index (κ2) is 6.52. The summed E-state index contributed by atoms with van der Waals surface area (Å²) in [5.41, 5.74) is 0.656. The molecule has 0 aliphatic carbocycles. The van der Waals surface area contributed by atoms with Gasteiger partial charge in [0.15, 0.2) is 0 Å². The van der Waals surface area contributed by atoms with Gasteiger partial charge in [-0.15, -0.1) is 0 Å². The van der Waals surface area contributed by atoms with E-state index in [-0.39, 0.29) is 5.91 Å². The number of nitrogens with zero attached hydrogens (tertiary/aromatic N) is 2. The van der Waals surface area contributed by atoms with Gasteiger partial charge in [-0.3, -0.25) is 4.79 Å². The van der Waals surface area contributed by atoms with Gasteiger partial charge >= 0.3 is 0 Å². The average Bonchev–Trinajstić information content (AvgIpc) is 2.45. The lowest BCUT2D eigenvalue weighted by molar-refractivity contribution is 0.0937.